The summed E-state index contributed by atoms with van der Waals surface area (Å²) in [5.41, 5.74) is 6.21. The fourth-order valence-electron chi connectivity index (χ4n) is 1.64. The van der Waals surface area contributed by atoms with E-state index in [1.54, 1.807) is 24.3 Å². The monoisotopic (exact) mass is 307 g/mol. The molecule has 1 aromatic carbocycles. The van der Waals surface area contributed by atoms with E-state index in [0.717, 1.165) is 6.08 Å². The lowest BCUT2D eigenvalue weighted by Crippen LogP contribution is -2.17. The Hall–Kier alpha value is -2.67. The first-order valence-corrected chi connectivity index (χ1v) is 6.31. The standard InChI is InChI=1S/C15H17NO6/c1-20-14(18)7-12(15(19)21-2)11-5-3-4-10(6-11)8-22-9-13(16)17/h3-7H,8-9H2,1-2H3,(H2,16,17)/b12-7+. The van der Waals surface area contributed by atoms with E-state index in [9.17, 15) is 14.4 Å². The highest BCUT2D eigenvalue weighted by atomic mass is 16.5. The van der Waals surface area contributed by atoms with Crippen LogP contribution < -0.4 is 5.73 Å². The van der Waals surface area contributed by atoms with E-state index in [1.807, 2.05) is 0 Å². The fourth-order valence-corrected chi connectivity index (χ4v) is 1.64. The molecule has 0 radical (unpaired) electrons. The third-order valence-electron chi connectivity index (χ3n) is 2.62. The Morgan fingerprint density at radius 2 is 1.91 bits per heavy atom. The summed E-state index contributed by atoms with van der Waals surface area (Å²) in [6, 6.07) is 6.72. The van der Waals surface area contributed by atoms with Gasteiger partial charge in [-0.3, -0.25) is 4.79 Å². The van der Waals surface area contributed by atoms with Crippen molar-refractivity contribution in [2.24, 2.45) is 5.73 Å². The zero-order valence-corrected chi connectivity index (χ0v) is 12.3. The summed E-state index contributed by atoms with van der Waals surface area (Å²) in [6.07, 6.45) is 1.05. The normalized spacial score (nSPS) is 10.9. The van der Waals surface area contributed by atoms with E-state index in [-0.39, 0.29) is 18.8 Å². The summed E-state index contributed by atoms with van der Waals surface area (Å²) in [7, 11) is 2.43. The molecule has 0 bridgehead atoms. The summed E-state index contributed by atoms with van der Waals surface area (Å²) < 4.78 is 14.3. The lowest BCUT2D eigenvalue weighted by molar-refractivity contribution is -0.136. The molecular weight excluding hydrogens is 290 g/mol. The first-order chi connectivity index (χ1) is 10.5. The number of ether oxygens (including phenoxy) is 3. The van der Waals surface area contributed by atoms with E-state index < -0.39 is 17.8 Å². The summed E-state index contributed by atoms with van der Waals surface area (Å²) in [5, 5.41) is 0. The summed E-state index contributed by atoms with van der Waals surface area (Å²) in [6.45, 7) is -0.0600. The average molecular weight is 307 g/mol. The molecule has 0 saturated carbocycles. The van der Waals surface area contributed by atoms with Crippen LogP contribution in [-0.4, -0.2) is 38.7 Å². The molecule has 7 heteroatoms. The zero-order chi connectivity index (χ0) is 16.5. The highest BCUT2D eigenvalue weighted by Crippen LogP contribution is 2.18. The molecule has 1 rings (SSSR count). The molecular formula is C15H17NO6. The van der Waals surface area contributed by atoms with Crippen molar-refractivity contribution in [1.82, 2.24) is 0 Å². The van der Waals surface area contributed by atoms with Gasteiger partial charge in [0.25, 0.3) is 0 Å². The number of hydrogen-bond donors (Lipinski definition) is 1. The van der Waals surface area contributed by atoms with Crippen molar-refractivity contribution < 1.29 is 28.6 Å². The molecule has 0 aliphatic rings. The van der Waals surface area contributed by atoms with Crippen molar-refractivity contribution >= 4 is 23.4 Å². The molecule has 118 valence electrons. The molecule has 7 nitrogen and oxygen atoms in total. The largest absolute Gasteiger partial charge is 0.466 e. The maximum atomic E-state index is 11.8. The quantitative estimate of drug-likeness (QED) is 0.578. The predicted octanol–water partition coefficient (Wildman–Crippen LogP) is 0.418. The minimum atomic E-state index is -0.671. The van der Waals surface area contributed by atoms with Gasteiger partial charge in [0.2, 0.25) is 5.91 Å². The molecule has 0 heterocycles. The molecule has 22 heavy (non-hydrogen) atoms. The summed E-state index contributed by atoms with van der Waals surface area (Å²) >= 11 is 0. The number of primary amides is 1. The molecule has 2 N–H and O–H groups in total. The predicted molar refractivity (Wildman–Crippen MR) is 77.3 cm³/mol. The Morgan fingerprint density at radius 1 is 1.18 bits per heavy atom. The number of amides is 1. The first kappa shape index (κ1) is 17.4. The molecule has 1 amide bonds. The zero-order valence-electron chi connectivity index (χ0n) is 12.3. The second-order valence-electron chi connectivity index (χ2n) is 4.23. The highest BCUT2D eigenvalue weighted by Gasteiger charge is 2.15. The van der Waals surface area contributed by atoms with E-state index >= 15 is 0 Å². The van der Waals surface area contributed by atoms with Gasteiger partial charge >= 0.3 is 11.9 Å². The number of carbonyl (C=O) groups excluding carboxylic acids is 3. The van der Waals surface area contributed by atoms with Crippen LogP contribution in [0.15, 0.2) is 30.3 Å². The molecule has 0 spiro atoms. The molecule has 0 fully saturated rings. The summed E-state index contributed by atoms with van der Waals surface area (Å²) in [4.78, 5) is 33.8. The minimum Gasteiger partial charge on any atom is -0.466 e. The molecule has 0 saturated heterocycles. The Morgan fingerprint density at radius 3 is 2.50 bits per heavy atom. The van der Waals surface area contributed by atoms with Gasteiger partial charge in [-0.15, -0.1) is 0 Å². The number of carbonyl (C=O) groups is 3. The SMILES string of the molecule is COC(=O)/C=C(/C(=O)OC)c1cccc(COCC(N)=O)c1. The third kappa shape index (κ3) is 5.37. The van der Waals surface area contributed by atoms with Gasteiger partial charge < -0.3 is 19.9 Å². The van der Waals surface area contributed by atoms with Crippen molar-refractivity contribution in [3.05, 3.63) is 41.5 Å². The maximum absolute atomic E-state index is 11.8. The van der Waals surface area contributed by atoms with Crippen molar-refractivity contribution in [2.75, 3.05) is 20.8 Å². The fraction of sp³-hybridized carbons (Fsp3) is 0.267. The Balaban J connectivity index is 3.00. The van der Waals surface area contributed by atoms with Crippen LogP contribution in [0, 0.1) is 0 Å². The van der Waals surface area contributed by atoms with Gasteiger partial charge in [-0.25, -0.2) is 9.59 Å². The van der Waals surface area contributed by atoms with Gasteiger partial charge in [-0.1, -0.05) is 18.2 Å². The van der Waals surface area contributed by atoms with Crippen molar-refractivity contribution in [1.29, 1.82) is 0 Å². The Kier molecular flexibility index (Phi) is 6.78. The molecule has 0 aromatic heterocycles. The van der Waals surface area contributed by atoms with Crippen LogP contribution in [0.4, 0.5) is 0 Å². The lowest BCUT2D eigenvalue weighted by Gasteiger charge is -2.08. The van der Waals surface area contributed by atoms with Gasteiger partial charge in [-0.2, -0.15) is 0 Å². The van der Waals surface area contributed by atoms with Gasteiger partial charge in [0.1, 0.15) is 6.61 Å². The van der Waals surface area contributed by atoms with Gasteiger partial charge in [-0.05, 0) is 17.2 Å². The number of hydrogen-bond acceptors (Lipinski definition) is 6. The average Bonchev–Trinajstić information content (AvgIpc) is 2.51. The Bertz CT molecular complexity index is 593. The van der Waals surface area contributed by atoms with Gasteiger partial charge in [0.05, 0.1) is 26.4 Å². The minimum absolute atomic E-state index is 0.0612. The van der Waals surface area contributed by atoms with Crippen LogP contribution in [0.3, 0.4) is 0 Å². The van der Waals surface area contributed by atoms with Crippen LogP contribution in [0.2, 0.25) is 0 Å². The molecule has 1 aromatic rings. The Labute approximate surface area is 127 Å². The molecule has 0 unspecified atom stereocenters. The van der Waals surface area contributed by atoms with Crippen molar-refractivity contribution in [2.45, 2.75) is 6.61 Å². The number of benzene rings is 1. The number of nitrogens with two attached hydrogens (primary N) is 1. The van der Waals surface area contributed by atoms with Crippen LogP contribution in [0.1, 0.15) is 11.1 Å². The lowest BCUT2D eigenvalue weighted by atomic mass is 10.0. The molecule has 0 aliphatic heterocycles. The van der Waals surface area contributed by atoms with Crippen LogP contribution in [0.25, 0.3) is 5.57 Å². The first-order valence-electron chi connectivity index (χ1n) is 6.31. The van der Waals surface area contributed by atoms with Crippen LogP contribution in [-0.2, 0) is 35.2 Å². The van der Waals surface area contributed by atoms with Crippen LogP contribution >= 0.6 is 0 Å². The van der Waals surface area contributed by atoms with E-state index in [1.165, 1.54) is 14.2 Å². The van der Waals surface area contributed by atoms with E-state index in [0.29, 0.717) is 11.1 Å². The van der Waals surface area contributed by atoms with Gasteiger partial charge in [0.15, 0.2) is 0 Å². The number of rotatable bonds is 7. The maximum Gasteiger partial charge on any atom is 0.338 e. The topological polar surface area (TPSA) is 105 Å². The number of esters is 2. The van der Waals surface area contributed by atoms with Crippen LogP contribution in [0.5, 0.6) is 0 Å². The third-order valence-corrected chi connectivity index (χ3v) is 2.62. The molecule has 0 atom stereocenters. The van der Waals surface area contributed by atoms with Gasteiger partial charge in [0, 0.05) is 6.08 Å². The summed E-state index contributed by atoms with van der Waals surface area (Å²) in [5.74, 6) is -1.91. The highest BCUT2D eigenvalue weighted by molar-refractivity contribution is 6.20. The van der Waals surface area contributed by atoms with Crippen molar-refractivity contribution in [3.8, 4) is 0 Å². The second kappa shape index (κ2) is 8.58. The van der Waals surface area contributed by atoms with E-state index in [2.05, 4.69) is 9.47 Å². The number of methoxy groups -OCH3 is 2. The van der Waals surface area contributed by atoms with E-state index in [4.69, 9.17) is 10.5 Å². The second-order valence-corrected chi connectivity index (χ2v) is 4.23. The molecule has 0 aliphatic carbocycles. The van der Waals surface area contributed by atoms with Crippen molar-refractivity contribution in [3.63, 3.8) is 0 Å². The smallest absolute Gasteiger partial charge is 0.338 e.